The molecule has 0 spiro atoms. The summed E-state index contributed by atoms with van der Waals surface area (Å²) >= 11 is 6.76. The second-order valence-corrected chi connectivity index (χ2v) is 8.56. The number of rotatable bonds is 6. The summed E-state index contributed by atoms with van der Waals surface area (Å²) in [5, 5.41) is 10.7. The number of nitrogens with one attached hydrogen (secondary N) is 3. The molecule has 5 nitrogen and oxygen atoms in total. The molecular weight excluding hydrogens is 450 g/mol. The Morgan fingerprint density at radius 1 is 0.697 bits per heavy atom. The van der Waals surface area contributed by atoms with E-state index in [-0.39, 0.29) is 16.9 Å². The van der Waals surface area contributed by atoms with Crippen molar-refractivity contribution in [1.29, 1.82) is 0 Å². The summed E-state index contributed by atoms with van der Waals surface area (Å²) in [6.07, 6.45) is 0. The molecule has 164 valence electrons. The highest BCUT2D eigenvalue weighted by molar-refractivity contribution is 7.80. The van der Waals surface area contributed by atoms with Crippen molar-refractivity contribution in [3.05, 3.63) is 118 Å². The fourth-order valence-corrected chi connectivity index (χ4v) is 4.21. The van der Waals surface area contributed by atoms with Gasteiger partial charge in [-0.05, 0) is 59.1 Å². The van der Waals surface area contributed by atoms with Crippen molar-refractivity contribution < 1.29 is 9.59 Å². The first-order valence-corrected chi connectivity index (χ1v) is 11.6. The summed E-state index contributed by atoms with van der Waals surface area (Å²) in [6.45, 7) is 0. The normalized spacial score (nSPS) is 10.5. The van der Waals surface area contributed by atoms with E-state index in [2.05, 4.69) is 16.0 Å². The van der Waals surface area contributed by atoms with E-state index in [0.29, 0.717) is 16.3 Å². The number of amides is 2. The van der Waals surface area contributed by atoms with Gasteiger partial charge >= 0.3 is 0 Å². The minimum absolute atomic E-state index is 0.152. The van der Waals surface area contributed by atoms with Crippen molar-refractivity contribution in [1.82, 2.24) is 5.32 Å². The molecule has 0 fully saturated rings. The summed E-state index contributed by atoms with van der Waals surface area (Å²) in [4.78, 5) is 26.0. The van der Waals surface area contributed by atoms with Gasteiger partial charge in [-0.3, -0.25) is 9.59 Å². The molecule has 4 rings (SSSR count). The van der Waals surface area contributed by atoms with Crippen LogP contribution in [0.15, 0.2) is 102 Å². The van der Waals surface area contributed by atoms with Crippen LogP contribution >= 0.6 is 23.6 Å². The van der Waals surface area contributed by atoms with E-state index in [4.69, 9.17) is 12.2 Å². The average Bonchev–Trinajstić information content (AvgIpc) is 3.37. The maximum atomic E-state index is 13.1. The van der Waals surface area contributed by atoms with E-state index in [1.165, 1.54) is 11.3 Å². The molecule has 1 aromatic heterocycles. The number of benzene rings is 3. The zero-order chi connectivity index (χ0) is 23.0. The van der Waals surface area contributed by atoms with Crippen LogP contribution in [0.2, 0.25) is 0 Å². The highest BCUT2D eigenvalue weighted by Gasteiger charge is 2.23. The Balaban J connectivity index is 1.40. The maximum Gasteiger partial charge on any atom is 0.265 e. The molecule has 1 heterocycles. The summed E-state index contributed by atoms with van der Waals surface area (Å²) < 4.78 is 0. The topological polar surface area (TPSA) is 70.2 Å². The highest BCUT2D eigenvalue weighted by atomic mass is 32.1. The van der Waals surface area contributed by atoms with E-state index in [1.54, 1.807) is 30.3 Å². The monoisotopic (exact) mass is 471 g/mol. The molecule has 0 saturated carbocycles. The standard InChI is InChI=1S/C26H21N3O2S2/c30-24(22-12-7-17-33-22)27-20-13-15-21(16-14-20)28-26(32)29-25(31)23(18-8-3-1-4-9-18)19-10-5-2-6-11-19/h1-17,23H,(H,27,30)(H2,28,29,31,32). The van der Waals surface area contributed by atoms with Gasteiger partial charge in [0.25, 0.3) is 5.91 Å². The molecule has 2 amide bonds. The molecule has 0 aliphatic heterocycles. The minimum atomic E-state index is -0.484. The lowest BCUT2D eigenvalue weighted by Crippen LogP contribution is -2.37. The molecule has 33 heavy (non-hydrogen) atoms. The Morgan fingerprint density at radius 2 is 1.24 bits per heavy atom. The second-order valence-electron chi connectivity index (χ2n) is 7.21. The molecule has 4 aromatic rings. The Hall–Kier alpha value is -3.81. The molecule has 0 unspecified atom stereocenters. The van der Waals surface area contributed by atoms with Gasteiger partial charge in [-0.15, -0.1) is 11.3 Å². The van der Waals surface area contributed by atoms with Crippen LogP contribution in [0.4, 0.5) is 11.4 Å². The van der Waals surface area contributed by atoms with Gasteiger partial charge < -0.3 is 16.0 Å². The fourth-order valence-electron chi connectivity index (χ4n) is 3.37. The van der Waals surface area contributed by atoms with E-state index < -0.39 is 5.92 Å². The maximum absolute atomic E-state index is 13.1. The number of carbonyl (C=O) groups excluding carboxylic acids is 2. The van der Waals surface area contributed by atoms with Gasteiger partial charge in [0.2, 0.25) is 5.91 Å². The number of hydrogen-bond donors (Lipinski definition) is 3. The van der Waals surface area contributed by atoms with Crippen LogP contribution in [0.25, 0.3) is 0 Å². The number of hydrogen-bond acceptors (Lipinski definition) is 4. The SMILES string of the molecule is O=C(Nc1ccc(NC(=S)NC(=O)C(c2ccccc2)c2ccccc2)cc1)c1cccs1. The predicted molar refractivity (Wildman–Crippen MR) is 138 cm³/mol. The third kappa shape index (κ3) is 5.91. The lowest BCUT2D eigenvalue weighted by atomic mass is 9.90. The summed E-state index contributed by atoms with van der Waals surface area (Å²) in [7, 11) is 0. The summed E-state index contributed by atoms with van der Waals surface area (Å²) in [6, 6.07) is 29.9. The van der Waals surface area contributed by atoms with Crippen LogP contribution in [-0.4, -0.2) is 16.9 Å². The molecule has 0 aliphatic carbocycles. The van der Waals surface area contributed by atoms with Crippen LogP contribution in [0, 0.1) is 0 Å². The zero-order valence-electron chi connectivity index (χ0n) is 17.5. The Bertz CT molecular complexity index is 1190. The van der Waals surface area contributed by atoms with Crippen molar-refractivity contribution in [2.75, 3.05) is 10.6 Å². The quantitative estimate of drug-likeness (QED) is 0.318. The minimum Gasteiger partial charge on any atom is -0.332 e. The van der Waals surface area contributed by atoms with Crippen LogP contribution < -0.4 is 16.0 Å². The van der Waals surface area contributed by atoms with Gasteiger partial charge in [0, 0.05) is 11.4 Å². The third-order valence-corrected chi connectivity index (χ3v) is 5.98. The second kappa shape index (κ2) is 10.7. The van der Waals surface area contributed by atoms with Crippen LogP contribution in [-0.2, 0) is 4.79 Å². The van der Waals surface area contributed by atoms with Crippen molar-refractivity contribution in [3.63, 3.8) is 0 Å². The Morgan fingerprint density at radius 3 is 1.76 bits per heavy atom. The molecular formula is C26H21N3O2S2. The highest BCUT2D eigenvalue weighted by Crippen LogP contribution is 2.25. The molecule has 7 heteroatoms. The first kappa shape index (κ1) is 22.4. The van der Waals surface area contributed by atoms with Gasteiger partial charge in [-0.25, -0.2) is 0 Å². The largest absolute Gasteiger partial charge is 0.332 e. The number of thiophene rings is 1. The molecule has 0 aliphatic rings. The number of carbonyl (C=O) groups is 2. The van der Waals surface area contributed by atoms with E-state index in [9.17, 15) is 9.59 Å². The van der Waals surface area contributed by atoms with E-state index in [1.807, 2.05) is 72.1 Å². The molecule has 3 N–H and O–H groups in total. The lowest BCUT2D eigenvalue weighted by Gasteiger charge is -2.18. The van der Waals surface area contributed by atoms with Crippen molar-refractivity contribution in [3.8, 4) is 0 Å². The van der Waals surface area contributed by atoms with Crippen LogP contribution in [0.5, 0.6) is 0 Å². The average molecular weight is 472 g/mol. The Kier molecular flexibility index (Phi) is 7.24. The smallest absolute Gasteiger partial charge is 0.265 e. The molecule has 0 radical (unpaired) electrons. The first-order valence-electron chi connectivity index (χ1n) is 10.3. The fraction of sp³-hybridized carbons (Fsp3) is 0.0385. The van der Waals surface area contributed by atoms with Crippen LogP contribution in [0.3, 0.4) is 0 Å². The Labute approximate surface area is 201 Å². The number of anilines is 2. The molecule has 0 saturated heterocycles. The lowest BCUT2D eigenvalue weighted by molar-refractivity contribution is -0.120. The van der Waals surface area contributed by atoms with Gasteiger partial charge in [-0.2, -0.15) is 0 Å². The van der Waals surface area contributed by atoms with Crippen molar-refractivity contribution in [2.24, 2.45) is 0 Å². The zero-order valence-corrected chi connectivity index (χ0v) is 19.2. The van der Waals surface area contributed by atoms with Gasteiger partial charge in [0.1, 0.15) is 0 Å². The third-order valence-electron chi connectivity index (χ3n) is 4.91. The first-order chi connectivity index (χ1) is 16.1. The van der Waals surface area contributed by atoms with Crippen LogP contribution in [0.1, 0.15) is 26.7 Å². The molecule has 0 atom stereocenters. The van der Waals surface area contributed by atoms with E-state index in [0.717, 1.165) is 11.1 Å². The van der Waals surface area contributed by atoms with Crippen molar-refractivity contribution in [2.45, 2.75) is 5.92 Å². The van der Waals surface area contributed by atoms with Gasteiger partial charge in [-0.1, -0.05) is 66.7 Å². The predicted octanol–water partition coefficient (Wildman–Crippen LogP) is 5.65. The summed E-state index contributed by atoms with van der Waals surface area (Å²) in [5.74, 6) is -0.854. The van der Waals surface area contributed by atoms with Gasteiger partial charge in [0.05, 0.1) is 10.8 Å². The molecule has 3 aromatic carbocycles. The van der Waals surface area contributed by atoms with Gasteiger partial charge in [0.15, 0.2) is 5.11 Å². The summed E-state index contributed by atoms with van der Waals surface area (Å²) in [5.41, 5.74) is 3.14. The van der Waals surface area contributed by atoms with E-state index >= 15 is 0 Å². The number of thiocarbonyl (C=S) groups is 1. The van der Waals surface area contributed by atoms with Crippen molar-refractivity contribution >= 4 is 51.9 Å². The molecule has 0 bridgehead atoms.